The van der Waals surface area contributed by atoms with Gasteiger partial charge in [0.25, 0.3) is 0 Å². The van der Waals surface area contributed by atoms with Crippen molar-refractivity contribution < 1.29 is 9.15 Å². The van der Waals surface area contributed by atoms with Gasteiger partial charge in [-0.25, -0.2) is 4.98 Å². The van der Waals surface area contributed by atoms with E-state index in [0.717, 1.165) is 0 Å². The molecule has 0 aliphatic carbocycles. The van der Waals surface area contributed by atoms with E-state index in [4.69, 9.17) is 26.0 Å². The van der Waals surface area contributed by atoms with Crippen molar-refractivity contribution in [1.29, 1.82) is 5.26 Å². The predicted molar refractivity (Wildman–Crippen MR) is 66.3 cm³/mol. The molecule has 0 unspecified atom stereocenters. The Morgan fingerprint density at radius 3 is 2.78 bits per heavy atom. The summed E-state index contributed by atoms with van der Waals surface area (Å²) in [4.78, 5) is 4.19. The van der Waals surface area contributed by atoms with Crippen LogP contribution in [0.4, 0.5) is 0 Å². The molecule has 0 amide bonds. The highest BCUT2D eigenvalue weighted by atomic mass is 35.5. The number of benzene rings is 1. The van der Waals surface area contributed by atoms with E-state index < -0.39 is 0 Å². The third-order valence-electron chi connectivity index (χ3n) is 2.36. The number of aromatic nitrogens is 1. The second-order valence-electron chi connectivity index (χ2n) is 3.69. The fourth-order valence-electron chi connectivity index (χ4n) is 1.46. The lowest BCUT2D eigenvalue weighted by atomic mass is 10.3. The van der Waals surface area contributed by atoms with Crippen LogP contribution in [0.15, 0.2) is 28.7 Å². The molecule has 1 heterocycles. The summed E-state index contributed by atoms with van der Waals surface area (Å²) in [6.45, 7) is 2.01. The summed E-state index contributed by atoms with van der Waals surface area (Å²) in [7, 11) is 0. The third-order valence-corrected chi connectivity index (χ3v) is 2.61. The van der Waals surface area contributed by atoms with Crippen molar-refractivity contribution in [2.75, 3.05) is 0 Å². The SMILES string of the molecule is Cc1oc(COc2ccc(Cl)cc2)nc1CC#N. The van der Waals surface area contributed by atoms with Gasteiger partial charge in [0.1, 0.15) is 11.5 Å². The highest BCUT2D eigenvalue weighted by Crippen LogP contribution is 2.17. The number of halogens is 1. The zero-order chi connectivity index (χ0) is 13.0. The maximum absolute atomic E-state index is 8.61. The Morgan fingerprint density at radius 1 is 1.39 bits per heavy atom. The van der Waals surface area contributed by atoms with Crippen molar-refractivity contribution in [3.05, 3.63) is 46.6 Å². The molecule has 1 aromatic carbocycles. The van der Waals surface area contributed by atoms with Crippen molar-refractivity contribution >= 4 is 11.6 Å². The number of nitrogens with zero attached hydrogens (tertiary/aromatic N) is 2. The van der Waals surface area contributed by atoms with Crippen molar-refractivity contribution in [2.45, 2.75) is 20.0 Å². The summed E-state index contributed by atoms with van der Waals surface area (Å²) in [5.74, 6) is 1.82. The van der Waals surface area contributed by atoms with Crippen LogP contribution in [0, 0.1) is 18.3 Å². The van der Waals surface area contributed by atoms with Crippen LogP contribution in [0.5, 0.6) is 5.75 Å². The number of ether oxygens (including phenoxy) is 1. The monoisotopic (exact) mass is 262 g/mol. The fraction of sp³-hybridized carbons (Fsp3) is 0.231. The largest absolute Gasteiger partial charge is 0.484 e. The standard InChI is InChI=1S/C13H11ClN2O2/c1-9-12(6-7-15)16-13(18-9)8-17-11-4-2-10(14)3-5-11/h2-5H,6,8H2,1H3. The first-order chi connectivity index (χ1) is 8.69. The molecule has 5 heteroatoms. The van der Waals surface area contributed by atoms with Crippen LogP contribution < -0.4 is 4.74 Å². The first-order valence-electron chi connectivity index (χ1n) is 5.39. The van der Waals surface area contributed by atoms with Crippen LogP contribution >= 0.6 is 11.6 Å². The molecule has 0 aliphatic rings. The Kier molecular flexibility index (Phi) is 3.85. The molecular formula is C13H11ClN2O2. The van der Waals surface area contributed by atoms with E-state index in [2.05, 4.69) is 4.98 Å². The fourth-order valence-corrected chi connectivity index (χ4v) is 1.59. The van der Waals surface area contributed by atoms with Gasteiger partial charge < -0.3 is 9.15 Å². The zero-order valence-corrected chi connectivity index (χ0v) is 10.6. The lowest BCUT2D eigenvalue weighted by Crippen LogP contribution is -1.95. The normalized spacial score (nSPS) is 10.1. The first-order valence-corrected chi connectivity index (χ1v) is 5.77. The van der Waals surface area contributed by atoms with Crippen LogP contribution in [0.1, 0.15) is 17.3 Å². The number of nitriles is 1. The number of hydrogen-bond acceptors (Lipinski definition) is 4. The molecule has 18 heavy (non-hydrogen) atoms. The van der Waals surface area contributed by atoms with Gasteiger partial charge in [0, 0.05) is 5.02 Å². The molecule has 1 aromatic heterocycles. The molecule has 2 aromatic rings. The van der Waals surface area contributed by atoms with Gasteiger partial charge in [-0.1, -0.05) is 11.6 Å². The van der Waals surface area contributed by atoms with Crippen LogP contribution in [0.3, 0.4) is 0 Å². The quantitative estimate of drug-likeness (QED) is 0.848. The lowest BCUT2D eigenvalue weighted by molar-refractivity contribution is 0.260. The highest BCUT2D eigenvalue weighted by Gasteiger charge is 2.09. The number of oxazole rings is 1. The van der Waals surface area contributed by atoms with Crippen molar-refractivity contribution in [3.8, 4) is 11.8 Å². The Labute approximate surface area is 110 Å². The number of hydrogen-bond donors (Lipinski definition) is 0. The third kappa shape index (κ3) is 3.02. The second kappa shape index (κ2) is 5.56. The van der Waals surface area contributed by atoms with Crippen molar-refractivity contribution in [3.63, 3.8) is 0 Å². The van der Waals surface area contributed by atoms with Gasteiger partial charge in [0.05, 0.1) is 18.2 Å². The topological polar surface area (TPSA) is 59.1 Å². The Bertz CT molecular complexity index is 570. The molecular weight excluding hydrogens is 252 g/mol. The van der Waals surface area contributed by atoms with Crippen LogP contribution in [0.2, 0.25) is 5.02 Å². The number of aryl methyl sites for hydroxylation is 1. The predicted octanol–water partition coefficient (Wildman–Crippen LogP) is 3.28. The Hall–Kier alpha value is -1.99. The molecule has 0 bridgehead atoms. The average molecular weight is 263 g/mol. The van der Waals surface area contributed by atoms with Gasteiger partial charge in [0.2, 0.25) is 5.89 Å². The molecule has 0 aliphatic heterocycles. The summed E-state index contributed by atoms with van der Waals surface area (Å²) in [5, 5.41) is 9.27. The zero-order valence-electron chi connectivity index (χ0n) is 9.81. The van der Waals surface area contributed by atoms with E-state index in [-0.39, 0.29) is 13.0 Å². The minimum Gasteiger partial charge on any atom is -0.484 e. The molecule has 0 atom stereocenters. The minimum atomic E-state index is 0.230. The molecule has 92 valence electrons. The summed E-state index contributed by atoms with van der Waals surface area (Å²) in [5.41, 5.74) is 0.659. The summed E-state index contributed by atoms with van der Waals surface area (Å²) >= 11 is 5.77. The van der Waals surface area contributed by atoms with Crippen LogP contribution in [-0.4, -0.2) is 4.98 Å². The van der Waals surface area contributed by atoms with Gasteiger partial charge in [-0.15, -0.1) is 0 Å². The first kappa shape index (κ1) is 12.5. The molecule has 0 spiro atoms. The molecule has 0 fully saturated rings. The molecule has 0 saturated carbocycles. The van der Waals surface area contributed by atoms with Crippen LogP contribution in [-0.2, 0) is 13.0 Å². The van der Waals surface area contributed by atoms with Gasteiger partial charge in [-0.2, -0.15) is 5.26 Å². The van der Waals surface area contributed by atoms with E-state index in [1.165, 1.54) is 0 Å². The second-order valence-corrected chi connectivity index (χ2v) is 4.12. The maximum atomic E-state index is 8.61. The summed E-state index contributed by atoms with van der Waals surface area (Å²) in [6.07, 6.45) is 0.246. The molecule has 0 N–H and O–H groups in total. The molecule has 0 radical (unpaired) electrons. The summed E-state index contributed by atoms with van der Waals surface area (Å²) in [6, 6.07) is 9.08. The van der Waals surface area contributed by atoms with E-state index >= 15 is 0 Å². The molecule has 2 rings (SSSR count). The van der Waals surface area contributed by atoms with Crippen molar-refractivity contribution in [1.82, 2.24) is 4.98 Å². The van der Waals surface area contributed by atoms with Gasteiger partial charge in [0.15, 0.2) is 6.61 Å². The average Bonchev–Trinajstić information content (AvgIpc) is 2.70. The van der Waals surface area contributed by atoms with Gasteiger partial charge >= 0.3 is 0 Å². The van der Waals surface area contributed by atoms with Gasteiger partial charge in [-0.05, 0) is 31.2 Å². The number of rotatable bonds is 4. The van der Waals surface area contributed by atoms with E-state index in [9.17, 15) is 0 Å². The Balaban J connectivity index is 2.00. The smallest absolute Gasteiger partial charge is 0.232 e. The van der Waals surface area contributed by atoms with E-state index in [1.807, 2.05) is 6.07 Å². The molecule has 0 saturated heterocycles. The van der Waals surface area contributed by atoms with E-state index in [0.29, 0.717) is 28.1 Å². The van der Waals surface area contributed by atoms with Gasteiger partial charge in [-0.3, -0.25) is 0 Å². The molecule has 4 nitrogen and oxygen atoms in total. The van der Waals surface area contributed by atoms with Crippen molar-refractivity contribution in [2.24, 2.45) is 0 Å². The lowest BCUT2D eigenvalue weighted by Gasteiger charge is -2.02. The van der Waals surface area contributed by atoms with Crippen LogP contribution in [0.25, 0.3) is 0 Å². The van der Waals surface area contributed by atoms with E-state index in [1.54, 1.807) is 31.2 Å². The summed E-state index contributed by atoms with van der Waals surface area (Å²) < 4.78 is 10.9. The highest BCUT2D eigenvalue weighted by molar-refractivity contribution is 6.30. The maximum Gasteiger partial charge on any atom is 0.232 e. The Morgan fingerprint density at radius 2 is 2.11 bits per heavy atom. The minimum absolute atomic E-state index is 0.230.